The molecule has 332 valence electrons. The molecule has 0 fully saturated rings. The van der Waals surface area contributed by atoms with Gasteiger partial charge in [0.15, 0.2) is 6.10 Å². The molecule has 0 aliphatic heterocycles. The first-order chi connectivity index (χ1) is 28.1. The quantitative estimate of drug-likeness (QED) is 0.0153. The lowest BCUT2D eigenvalue weighted by molar-refractivity contribution is -0.161. The summed E-state index contributed by atoms with van der Waals surface area (Å²) in [6.45, 7) is 1.92. The van der Waals surface area contributed by atoms with Gasteiger partial charge in [-0.15, -0.1) is 0 Å². The lowest BCUT2D eigenvalue weighted by Gasteiger charge is -2.20. The van der Waals surface area contributed by atoms with Crippen LogP contribution in [-0.4, -0.2) is 76.9 Å². The summed E-state index contributed by atoms with van der Waals surface area (Å²) in [5.74, 6) is -1.03. The van der Waals surface area contributed by atoms with Crippen LogP contribution >= 0.6 is 7.82 Å². The molecule has 11 nitrogen and oxygen atoms in total. The molecule has 0 heterocycles. The summed E-state index contributed by atoms with van der Waals surface area (Å²) in [4.78, 5) is 35.0. The van der Waals surface area contributed by atoms with E-state index in [-0.39, 0.29) is 19.4 Å². The van der Waals surface area contributed by atoms with Gasteiger partial charge >= 0.3 is 19.8 Å². The molecular weight excluding hydrogens is 759 g/mol. The van der Waals surface area contributed by atoms with Crippen molar-refractivity contribution in [1.82, 2.24) is 0 Å². The van der Waals surface area contributed by atoms with Crippen LogP contribution < -0.4 is 0 Å². The van der Waals surface area contributed by atoms with E-state index in [4.69, 9.17) is 19.1 Å². The maximum Gasteiger partial charge on any atom is 0.472 e. The van der Waals surface area contributed by atoms with Gasteiger partial charge in [-0.25, -0.2) is 4.57 Å². The van der Waals surface area contributed by atoms with Crippen LogP contribution in [0.25, 0.3) is 0 Å². The number of carbonyl (C=O) groups is 2. The second-order valence-electron chi connectivity index (χ2n) is 14.2. The minimum Gasteiger partial charge on any atom is -0.462 e. The van der Waals surface area contributed by atoms with Crippen LogP contribution in [0.1, 0.15) is 149 Å². The number of hydrogen-bond donors (Lipinski definition) is 4. The summed E-state index contributed by atoms with van der Waals surface area (Å²) in [5, 5.41) is 27.8. The highest BCUT2D eigenvalue weighted by atomic mass is 31.2. The predicted octanol–water partition coefficient (Wildman–Crippen LogP) is 10.4. The fraction of sp³-hybridized carbons (Fsp3) is 0.652. The summed E-state index contributed by atoms with van der Waals surface area (Å²) in [7, 11) is -4.65. The average molecular weight is 837 g/mol. The number of phosphoric ester groups is 1. The van der Waals surface area contributed by atoms with Crippen molar-refractivity contribution in [3.8, 4) is 0 Å². The predicted molar refractivity (Wildman–Crippen MR) is 234 cm³/mol. The van der Waals surface area contributed by atoms with Gasteiger partial charge in [-0.1, -0.05) is 144 Å². The molecule has 0 aliphatic rings. The van der Waals surface area contributed by atoms with Crippen molar-refractivity contribution in [2.24, 2.45) is 0 Å². The number of allylic oxidation sites excluding steroid dienone is 13. The van der Waals surface area contributed by atoms with Gasteiger partial charge in [-0.2, -0.15) is 0 Å². The van der Waals surface area contributed by atoms with Crippen molar-refractivity contribution in [2.45, 2.75) is 167 Å². The number of ether oxygens (including phenoxy) is 2. The second-order valence-corrected chi connectivity index (χ2v) is 15.6. The molecule has 1 unspecified atom stereocenters. The molecule has 4 atom stereocenters. The lowest BCUT2D eigenvalue weighted by atomic mass is 10.1. The van der Waals surface area contributed by atoms with Crippen molar-refractivity contribution in [3.05, 3.63) is 85.1 Å². The lowest BCUT2D eigenvalue weighted by Crippen LogP contribution is -2.29. The minimum atomic E-state index is -4.65. The molecule has 4 N–H and O–H groups in total. The topological polar surface area (TPSA) is 169 Å². The smallest absolute Gasteiger partial charge is 0.462 e. The van der Waals surface area contributed by atoms with E-state index in [1.54, 1.807) is 6.08 Å². The fourth-order valence-electron chi connectivity index (χ4n) is 5.19. The van der Waals surface area contributed by atoms with Crippen LogP contribution in [0.5, 0.6) is 0 Å². The Labute approximate surface area is 350 Å². The highest BCUT2D eigenvalue weighted by molar-refractivity contribution is 7.47. The number of phosphoric acid groups is 1. The molecule has 12 heteroatoms. The van der Waals surface area contributed by atoms with E-state index in [1.807, 2.05) is 37.3 Å². The molecule has 0 spiro atoms. The van der Waals surface area contributed by atoms with Gasteiger partial charge in [0.05, 0.1) is 25.9 Å². The molecule has 0 saturated heterocycles. The Bertz CT molecular complexity index is 1250. The molecule has 58 heavy (non-hydrogen) atoms. The number of carbonyl (C=O) groups excluding carboxylic acids is 2. The summed E-state index contributed by atoms with van der Waals surface area (Å²) >= 11 is 0. The molecule has 0 bridgehead atoms. The molecule has 0 aromatic carbocycles. The van der Waals surface area contributed by atoms with Crippen molar-refractivity contribution < 1.29 is 52.9 Å². The van der Waals surface area contributed by atoms with E-state index in [0.29, 0.717) is 25.7 Å². The van der Waals surface area contributed by atoms with Crippen LogP contribution in [0, 0.1) is 0 Å². The molecule has 0 radical (unpaired) electrons. The van der Waals surface area contributed by atoms with Crippen molar-refractivity contribution in [3.63, 3.8) is 0 Å². The maximum absolute atomic E-state index is 12.6. The molecule has 0 rings (SSSR count). The Balaban J connectivity index is 4.44. The van der Waals surface area contributed by atoms with Gasteiger partial charge < -0.3 is 29.7 Å². The summed E-state index contributed by atoms with van der Waals surface area (Å²) in [6.07, 6.45) is 45.0. The highest BCUT2D eigenvalue weighted by Crippen LogP contribution is 2.43. The Morgan fingerprint density at radius 1 is 0.586 bits per heavy atom. The average Bonchev–Trinajstić information content (AvgIpc) is 3.21. The van der Waals surface area contributed by atoms with Gasteiger partial charge in [0.2, 0.25) is 0 Å². The van der Waals surface area contributed by atoms with Crippen LogP contribution in [-0.2, 0) is 32.7 Å². The van der Waals surface area contributed by atoms with Crippen LogP contribution in [0.15, 0.2) is 85.1 Å². The van der Waals surface area contributed by atoms with E-state index < -0.39 is 57.9 Å². The fourth-order valence-corrected chi connectivity index (χ4v) is 5.98. The summed E-state index contributed by atoms with van der Waals surface area (Å²) in [5.41, 5.74) is 0. The zero-order valence-corrected chi connectivity index (χ0v) is 36.5. The van der Waals surface area contributed by atoms with Crippen LogP contribution in [0.2, 0.25) is 0 Å². The van der Waals surface area contributed by atoms with Gasteiger partial charge in [-0.3, -0.25) is 18.6 Å². The third-order valence-corrected chi connectivity index (χ3v) is 9.64. The van der Waals surface area contributed by atoms with Crippen LogP contribution in [0.4, 0.5) is 0 Å². The molecule has 0 aliphatic carbocycles. The standard InChI is InChI=1S/C46H77O11P/c1-3-5-6-7-8-9-10-11-12-13-14-19-22-25-28-31-34-37-46(51)57-44(41-56-58(52,53)55-39-43(49)38-47)40-54-45(50)36-33-30-27-24-21-18-16-15-17-20-23-26-29-32-35-42(48)4-2/h8-9,11-12,16-18,20,24,26-27,29,32,35,42-44,47-49H,3-7,10,13-15,19,21-23,25,28,30-31,33-34,36-41H2,1-2H3,(H,52,53)/b9-8-,12-11-,18-16-,20-17-,27-24-,29-26-,35-32+/t42-,43-,44+/m0/s1. The molecule has 0 aromatic rings. The van der Waals surface area contributed by atoms with Gasteiger partial charge in [0.1, 0.15) is 12.7 Å². The van der Waals surface area contributed by atoms with Gasteiger partial charge in [0.25, 0.3) is 0 Å². The number of esters is 2. The van der Waals surface area contributed by atoms with Crippen LogP contribution in [0.3, 0.4) is 0 Å². The first kappa shape index (κ1) is 55.1. The first-order valence-corrected chi connectivity index (χ1v) is 23.1. The number of unbranched alkanes of at least 4 members (excludes halogenated alkanes) is 11. The maximum atomic E-state index is 12.6. The molecule has 0 aromatic heterocycles. The number of aliphatic hydroxyl groups excluding tert-OH is 3. The Hall–Kier alpha value is -2.89. The summed E-state index contributed by atoms with van der Waals surface area (Å²) in [6, 6.07) is 0. The zero-order chi connectivity index (χ0) is 42.8. The molecule has 0 amide bonds. The van der Waals surface area contributed by atoms with E-state index in [9.17, 15) is 29.3 Å². The normalized spacial score (nSPS) is 15.2. The molecule has 0 saturated carbocycles. The van der Waals surface area contributed by atoms with E-state index in [2.05, 4.69) is 60.1 Å². The zero-order valence-electron chi connectivity index (χ0n) is 35.6. The molecular formula is C46H77O11P. The van der Waals surface area contributed by atoms with Crippen molar-refractivity contribution >= 4 is 19.8 Å². The Kier molecular flexibility index (Phi) is 38.8. The number of hydrogen-bond acceptors (Lipinski definition) is 10. The van der Waals surface area contributed by atoms with Crippen molar-refractivity contribution in [2.75, 3.05) is 26.4 Å². The SMILES string of the molecule is CCCCC/C=C\C/C=C\CCCCCCCCCC(=O)O[C@H](COC(=O)CCC/C=C\C/C=C\C/C=C\C/C=C\C=C\[C@@H](O)CC)COP(=O)(O)OC[C@@H](O)CO. The minimum absolute atomic E-state index is 0.143. The first-order valence-electron chi connectivity index (χ1n) is 21.7. The monoisotopic (exact) mass is 837 g/mol. The number of rotatable bonds is 39. The number of aliphatic hydroxyl groups is 3. The van der Waals surface area contributed by atoms with E-state index >= 15 is 0 Å². The third-order valence-electron chi connectivity index (χ3n) is 8.69. The van der Waals surface area contributed by atoms with Gasteiger partial charge in [0, 0.05) is 12.8 Å². The van der Waals surface area contributed by atoms with E-state index in [0.717, 1.165) is 57.8 Å². The highest BCUT2D eigenvalue weighted by Gasteiger charge is 2.27. The second kappa shape index (κ2) is 40.9. The van der Waals surface area contributed by atoms with E-state index in [1.165, 1.54) is 38.5 Å². The third kappa shape index (κ3) is 39.9. The van der Waals surface area contributed by atoms with Gasteiger partial charge in [-0.05, 0) is 77.0 Å². The van der Waals surface area contributed by atoms with Crippen molar-refractivity contribution in [1.29, 1.82) is 0 Å². The Morgan fingerprint density at radius 2 is 1.09 bits per heavy atom. The summed E-state index contributed by atoms with van der Waals surface area (Å²) < 4.78 is 32.6. The Morgan fingerprint density at radius 3 is 1.67 bits per heavy atom. The largest absolute Gasteiger partial charge is 0.472 e.